The third-order valence-electron chi connectivity index (χ3n) is 4.21. The highest BCUT2D eigenvalue weighted by Crippen LogP contribution is 2.24. The van der Waals surface area contributed by atoms with Crippen molar-refractivity contribution in [3.63, 3.8) is 0 Å². The summed E-state index contributed by atoms with van der Waals surface area (Å²) in [6.07, 6.45) is -1.18. The molecular formula is C19H22N2O3. The van der Waals surface area contributed by atoms with Crippen LogP contribution in [0.5, 0.6) is 0 Å². The molecule has 126 valence electrons. The number of aryl methyl sites for hydroxylation is 1. The molecule has 0 bridgehead atoms. The monoisotopic (exact) mass is 326 g/mol. The number of rotatable bonds is 4. The molecule has 1 aliphatic heterocycles. The molecule has 1 amide bonds. The van der Waals surface area contributed by atoms with Crippen LogP contribution in [-0.2, 0) is 9.53 Å². The van der Waals surface area contributed by atoms with E-state index in [1.165, 1.54) is 0 Å². The van der Waals surface area contributed by atoms with Crippen LogP contribution >= 0.6 is 0 Å². The van der Waals surface area contributed by atoms with Gasteiger partial charge in [0, 0.05) is 24.5 Å². The number of carbonyl (C=O) groups is 1. The van der Waals surface area contributed by atoms with E-state index in [9.17, 15) is 9.90 Å². The SMILES string of the molecule is Cc1cc(N2CCOCC2)ccc1NC(=O)C(O)c1ccccc1. The number of nitrogens with zero attached hydrogens (tertiary/aromatic N) is 1. The van der Waals surface area contributed by atoms with Gasteiger partial charge >= 0.3 is 0 Å². The van der Waals surface area contributed by atoms with Crippen LogP contribution in [0.1, 0.15) is 17.2 Å². The van der Waals surface area contributed by atoms with Crippen LogP contribution in [0, 0.1) is 6.92 Å². The van der Waals surface area contributed by atoms with Crippen molar-refractivity contribution in [2.45, 2.75) is 13.0 Å². The number of ether oxygens (including phenoxy) is 1. The molecule has 24 heavy (non-hydrogen) atoms. The molecule has 2 aromatic rings. The average Bonchev–Trinajstić information content (AvgIpc) is 2.64. The minimum Gasteiger partial charge on any atom is -0.378 e. The highest BCUT2D eigenvalue weighted by molar-refractivity contribution is 5.95. The number of hydrogen-bond acceptors (Lipinski definition) is 4. The topological polar surface area (TPSA) is 61.8 Å². The van der Waals surface area contributed by atoms with Gasteiger partial charge in [0.1, 0.15) is 0 Å². The highest BCUT2D eigenvalue weighted by Gasteiger charge is 2.18. The summed E-state index contributed by atoms with van der Waals surface area (Å²) in [5.41, 5.74) is 3.38. The van der Waals surface area contributed by atoms with Gasteiger partial charge in [-0.2, -0.15) is 0 Å². The van der Waals surface area contributed by atoms with E-state index in [-0.39, 0.29) is 0 Å². The van der Waals surface area contributed by atoms with Gasteiger partial charge in [0.25, 0.3) is 5.91 Å². The molecule has 1 unspecified atom stereocenters. The number of amides is 1. The van der Waals surface area contributed by atoms with Gasteiger partial charge in [-0.1, -0.05) is 30.3 Å². The van der Waals surface area contributed by atoms with Crippen LogP contribution in [0.2, 0.25) is 0 Å². The van der Waals surface area contributed by atoms with Gasteiger partial charge in [0.15, 0.2) is 6.10 Å². The molecule has 2 N–H and O–H groups in total. The lowest BCUT2D eigenvalue weighted by molar-refractivity contribution is -0.124. The second-order valence-corrected chi connectivity index (χ2v) is 5.90. The van der Waals surface area contributed by atoms with E-state index in [0.717, 1.165) is 37.6 Å². The van der Waals surface area contributed by atoms with Gasteiger partial charge in [0.05, 0.1) is 13.2 Å². The molecular weight excluding hydrogens is 304 g/mol. The second kappa shape index (κ2) is 7.47. The first-order chi connectivity index (χ1) is 11.6. The van der Waals surface area contributed by atoms with Gasteiger partial charge in [-0.15, -0.1) is 0 Å². The summed E-state index contributed by atoms with van der Waals surface area (Å²) < 4.78 is 5.37. The van der Waals surface area contributed by atoms with E-state index in [0.29, 0.717) is 11.3 Å². The number of hydrogen-bond donors (Lipinski definition) is 2. The van der Waals surface area contributed by atoms with E-state index >= 15 is 0 Å². The molecule has 0 aromatic heterocycles. The molecule has 5 nitrogen and oxygen atoms in total. The van der Waals surface area contributed by atoms with Gasteiger partial charge in [-0.3, -0.25) is 4.79 Å². The molecule has 0 radical (unpaired) electrons. The van der Waals surface area contributed by atoms with E-state index in [1.54, 1.807) is 24.3 Å². The maximum Gasteiger partial charge on any atom is 0.257 e. The van der Waals surface area contributed by atoms with Crippen molar-refractivity contribution in [2.75, 3.05) is 36.5 Å². The van der Waals surface area contributed by atoms with Crippen LogP contribution < -0.4 is 10.2 Å². The fraction of sp³-hybridized carbons (Fsp3) is 0.316. The number of aliphatic hydroxyl groups excluding tert-OH is 1. The van der Waals surface area contributed by atoms with Gasteiger partial charge in [-0.05, 0) is 36.2 Å². The Kier molecular flexibility index (Phi) is 5.13. The van der Waals surface area contributed by atoms with Crippen molar-refractivity contribution in [1.29, 1.82) is 0 Å². The summed E-state index contributed by atoms with van der Waals surface area (Å²) in [5.74, 6) is -0.427. The van der Waals surface area contributed by atoms with Crippen LogP contribution in [0.25, 0.3) is 0 Å². The fourth-order valence-electron chi connectivity index (χ4n) is 2.79. The lowest BCUT2D eigenvalue weighted by atomic mass is 10.1. The Morgan fingerprint density at radius 1 is 1.17 bits per heavy atom. The van der Waals surface area contributed by atoms with Crippen LogP contribution in [0.3, 0.4) is 0 Å². The molecule has 3 rings (SSSR count). The summed E-state index contributed by atoms with van der Waals surface area (Å²) >= 11 is 0. The van der Waals surface area contributed by atoms with Gasteiger partial charge in [-0.25, -0.2) is 0 Å². The largest absolute Gasteiger partial charge is 0.378 e. The molecule has 5 heteroatoms. The highest BCUT2D eigenvalue weighted by atomic mass is 16.5. The number of carbonyl (C=O) groups excluding carboxylic acids is 1. The minimum absolute atomic E-state index is 0.427. The molecule has 0 saturated carbocycles. The molecule has 1 heterocycles. The first-order valence-electron chi connectivity index (χ1n) is 8.12. The summed E-state index contributed by atoms with van der Waals surface area (Å²) in [6.45, 7) is 5.17. The minimum atomic E-state index is -1.18. The number of anilines is 2. The number of aliphatic hydroxyl groups is 1. The lowest BCUT2D eigenvalue weighted by Gasteiger charge is -2.29. The predicted molar refractivity (Wildman–Crippen MR) is 94.2 cm³/mol. The smallest absolute Gasteiger partial charge is 0.257 e. The van der Waals surface area contributed by atoms with E-state index in [2.05, 4.69) is 16.3 Å². The molecule has 1 fully saturated rings. The average molecular weight is 326 g/mol. The van der Waals surface area contributed by atoms with Crippen molar-refractivity contribution in [3.8, 4) is 0 Å². The second-order valence-electron chi connectivity index (χ2n) is 5.90. The predicted octanol–water partition coefficient (Wildman–Crippen LogP) is 2.50. The third-order valence-corrected chi connectivity index (χ3v) is 4.21. The quantitative estimate of drug-likeness (QED) is 0.906. The maximum atomic E-state index is 12.3. The standard InChI is InChI=1S/C19H22N2O3/c1-14-13-16(21-9-11-24-12-10-21)7-8-17(14)20-19(23)18(22)15-5-3-2-4-6-15/h2-8,13,18,22H,9-12H2,1H3,(H,20,23). The van der Waals surface area contributed by atoms with Crippen molar-refractivity contribution >= 4 is 17.3 Å². The van der Waals surface area contributed by atoms with Gasteiger partial charge < -0.3 is 20.1 Å². The first-order valence-corrected chi connectivity index (χ1v) is 8.12. The van der Waals surface area contributed by atoms with Crippen LogP contribution in [0.4, 0.5) is 11.4 Å². The van der Waals surface area contributed by atoms with E-state index in [4.69, 9.17) is 4.74 Å². The van der Waals surface area contributed by atoms with Crippen molar-refractivity contribution in [2.24, 2.45) is 0 Å². The molecule has 0 aliphatic carbocycles. The molecule has 2 aromatic carbocycles. The Morgan fingerprint density at radius 3 is 2.54 bits per heavy atom. The Bertz CT molecular complexity index is 697. The summed E-state index contributed by atoms with van der Waals surface area (Å²) in [7, 11) is 0. The molecule has 1 aliphatic rings. The number of nitrogens with one attached hydrogen (secondary N) is 1. The van der Waals surface area contributed by atoms with E-state index in [1.807, 2.05) is 25.1 Å². The van der Waals surface area contributed by atoms with Crippen LogP contribution in [-0.4, -0.2) is 37.3 Å². The van der Waals surface area contributed by atoms with E-state index < -0.39 is 12.0 Å². The fourth-order valence-corrected chi connectivity index (χ4v) is 2.79. The number of morpholine rings is 1. The van der Waals surface area contributed by atoms with Crippen molar-refractivity contribution in [3.05, 3.63) is 59.7 Å². The molecule has 0 spiro atoms. The number of benzene rings is 2. The molecule has 1 atom stereocenters. The van der Waals surface area contributed by atoms with Crippen LogP contribution in [0.15, 0.2) is 48.5 Å². The summed E-state index contributed by atoms with van der Waals surface area (Å²) in [5, 5.41) is 13.0. The Morgan fingerprint density at radius 2 is 1.88 bits per heavy atom. The normalized spacial score (nSPS) is 15.8. The zero-order valence-corrected chi connectivity index (χ0v) is 13.7. The molecule has 1 saturated heterocycles. The first kappa shape index (κ1) is 16.5. The lowest BCUT2D eigenvalue weighted by Crippen LogP contribution is -2.36. The Hall–Kier alpha value is -2.37. The van der Waals surface area contributed by atoms with Crippen molar-refractivity contribution in [1.82, 2.24) is 0 Å². The summed E-state index contributed by atoms with van der Waals surface area (Å²) in [6, 6.07) is 14.8. The van der Waals surface area contributed by atoms with Crippen molar-refractivity contribution < 1.29 is 14.6 Å². The maximum absolute atomic E-state index is 12.3. The Labute approximate surface area is 141 Å². The third kappa shape index (κ3) is 3.75. The zero-order valence-electron chi connectivity index (χ0n) is 13.7. The van der Waals surface area contributed by atoms with Gasteiger partial charge in [0.2, 0.25) is 0 Å². The Balaban J connectivity index is 1.69. The zero-order chi connectivity index (χ0) is 16.9. The summed E-state index contributed by atoms with van der Waals surface area (Å²) in [4.78, 5) is 14.5.